The summed E-state index contributed by atoms with van der Waals surface area (Å²) in [6.07, 6.45) is 0. The van der Waals surface area contributed by atoms with Gasteiger partial charge >= 0.3 is 0 Å². The second kappa shape index (κ2) is 5.23. The number of rotatable bonds is 4. The average Bonchev–Trinajstić information content (AvgIpc) is 2.15. The second-order valence-corrected chi connectivity index (χ2v) is 4.42. The van der Waals surface area contributed by atoms with Crippen LogP contribution in [0.2, 0.25) is 0 Å². The maximum Gasteiger partial charge on any atom is 0.270 e. The number of halogens is 1. The first kappa shape index (κ1) is 12.1. The monoisotopic (exact) mass is 272 g/mol. The van der Waals surface area contributed by atoms with Gasteiger partial charge in [0.25, 0.3) is 5.69 Å². The first-order chi connectivity index (χ1) is 7.00. The molecule has 0 fully saturated rings. The molecule has 5 heteroatoms. The number of hydrogen-bond donors (Lipinski definition) is 1. The highest BCUT2D eigenvalue weighted by Gasteiger charge is 2.08. The summed E-state index contributed by atoms with van der Waals surface area (Å²) in [4.78, 5) is 10.1. The lowest BCUT2D eigenvalue weighted by Gasteiger charge is -2.09. The van der Waals surface area contributed by atoms with Crippen LogP contribution in [0.15, 0.2) is 22.7 Å². The van der Waals surface area contributed by atoms with Gasteiger partial charge in [0.15, 0.2) is 0 Å². The molecule has 0 aliphatic heterocycles. The number of nitro groups is 1. The van der Waals surface area contributed by atoms with Crippen molar-refractivity contribution in [2.45, 2.75) is 26.4 Å². The van der Waals surface area contributed by atoms with Crippen LogP contribution in [0.25, 0.3) is 0 Å². The van der Waals surface area contributed by atoms with E-state index in [1.54, 1.807) is 6.07 Å². The lowest BCUT2D eigenvalue weighted by atomic mass is 10.2. The van der Waals surface area contributed by atoms with E-state index in [1.807, 2.05) is 0 Å². The molecule has 0 saturated heterocycles. The summed E-state index contributed by atoms with van der Waals surface area (Å²) < 4.78 is 0.768. The molecule has 0 aliphatic rings. The van der Waals surface area contributed by atoms with E-state index in [1.165, 1.54) is 12.1 Å². The Morgan fingerprint density at radius 1 is 1.53 bits per heavy atom. The molecule has 0 amide bonds. The van der Waals surface area contributed by atoms with Crippen LogP contribution in [0.3, 0.4) is 0 Å². The Labute approximate surface area is 97.0 Å². The average molecular weight is 273 g/mol. The fourth-order valence-electron chi connectivity index (χ4n) is 1.11. The molecule has 0 aromatic heterocycles. The highest BCUT2D eigenvalue weighted by molar-refractivity contribution is 9.10. The van der Waals surface area contributed by atoms with Crippen molar-refractivity contribution in [1.82, 2.24) is 5.32 Å². The van der Waals surface area contributed by atoms with Gasteiger partial charge in [0.2, 0.25) is 0 Å². The van der Waals surface area contributed by atoms with Crippen molar-refractivity contribution in [3.63, 3.8) is 0 Å². The minimum Gasteiger partial charge on any atom is -0.310 e. The third-order valence-electron chi connectivity index (χ3n) is 1.95. The summed E-state index contributed by atoms with van der Waals surface area (Å²) in [6, 6.07) is 5.20. The third-order valence-corrected chi connectivity index (χ3v) is 2.69. The van der Waals surface area contributed by atoms with Crippen LogP contribution in [0.4, 0.5) is 5.69 Å². The summed E-state index contributed by atoms with van der Waals surface area (Å²) in [5, 5.41) is 13.8. The van der Waals surface area contributed by atoms with Crippen LogP contribution in [-0.2, 0) is 6.54 Å². The van der Waals surface area contributed by atoms with E-state index in [0.717, 1.165) is 10.0 Å². The molecule has 1 rings (SSSR count). The first-order valence-electron chi connectivity index (χ1n) is 4.67. The van der Waals surface area contributed by atoms with Gasteiger partial charge in [0.05, 0.1) is 4.92 Å². The Morgan fingerprint density at radius 2 is 2.20 bits per heavy atom. The van der Waals surface area contributed by atoms with E-state index in [4.69, 9.17) is 0 Å². The number of nitrogens with zero attached hydrogens (tertiary/aromatic N) is 1. The summed E-state index contributed by atoms with van der Waals surface area (Å²) in [7, 11) is 0. The zero-order valence-electron chi connectivity index (χ0n) is 8.66. The van der Waals surface area contributed by atoms with Gasteiger partial charge in [-0.3, -0.25) is 10.1 Å². The topological polar surface area (TPSA) is 55.2 Å². The minimum atomic E-state index is -0.398. The molecular weight excluding hydrogens is 260 g/mol. The number of benzene rings is 1. The summed E-state index contributed by atoms with van der Waals surface area (Å²) in [5.41, 5.74) is 1.13. The maximum atomic E-state index is 10.5. The van der Waals surface area contributed by atoms with Crippen LogP contribution in [0, 0.1) is 10.1 Å². The van der Waals surface area contributed by atoms with E-state index >= 15 is 0 Å². The van der Waals surface area contributed by atoms with Crippen molar-refractivity contribution >= 4 is 21.6 Å². The smallest absolute Gasteiger partial charge is 0.270 e. The highest BCUT2D eigenvalue weighted by atomic mass is 79.9. The Morgan fingerprint density at radius 3 is 2.67 bits per heavy atom. The second-order valence-electron chi connectivity index (χ2n) is 3.57. The largest absolute Gasteiger partial charge is 0.310 e. The fraction of sp³-hybridized carbons (Fsp3) is 0.400. The molecule has 4 nitrogen and oxygen atoms in total. The molecule has 15 heavy (non-hydrogen) atoms. The van der Waals surface area contributed by atoms with Crippen LogP contribution in [0.1, 0.15) is 19.4 Å². The molecule has 1 aromatic rings. The molecule has 0 bridgehead atoms. The molecule has 82 valence electrons. The minimum absolute atomic E-state index is 0.107. The normalized spacial score (nSPS) is 10.7. The van der Waals surface area contributed by atoms with Crippen LogP contribution in [-0.4, -0.2) is 11.0 Å². The lowest BCUT2D eigenvalue weighted by molar-refractivity contribution is -0.384. The van der Waals surface area contributed by atoms with E-state index in [-0.39, 0.29) is 5.69 Å². The number of hydrogen-bond acceptors (Lipinski definition) is 3. The lowest BCUT2D eigenvalue weighted by Crippen LogP contribution is -2.21. The van der Waals surface area contributed by atoms with Crippen LogP contribution >= 0.6 is 15.9 Å². The Balaban J connectivity index is 2.79. The van der Waals surface area contributed by atoms with Gasteiger partial charge < -0.3 is 5.32 Å². The van der Waals surface area contributed by atoms with Crippen molar-refractivity contribution in [1.29, 1.82) is 0 Å². The van der Waals surface area contributed by atoms with Crippen LogP contribution in [0.5, 0.6) is 0 Å². The molecule has 0 atom stereocenters. The van der Waals surface area contributed by atoms with Gasteiger partial charge in [-0.25, -0.2) is 0 Å². The maximum absolute atomic E-state index is 10.5. The van der Waals surface area contributed by atoms with Crippen molar-refractivity contribution in [2.75, 3.05) is 0 Å². The number of non-ortho nitro benzene ring substituents is 1. The quantitative estimate of drug-likeness (QED) is 0.678. The zero-order chi connectivity index (χ0) is 11.4. The van der Waals surface area contributed by atoms with Crippen LogP contribution < -0.4 is 5.32 Å². The van der Waals surface area contributed by atoms with E-state index in [0.29, 0.717) is 12.6 Å². The predicted octanol–water partition coefficient (Wildman–Crippen LogP) is 2.86. The summed E-state index contributed by atoms with van der Waals surface area (Å²) in [5.74, 6) is 0. The van der Waals surface area contributed by atoms with Gasteiger partial charge in [-0.05, 0) is 11.6 Å². The SMILES string of the molecule is CC(C)NCc1ccc([N+](=O)[O-])cc1Br. The Bertz CT molecular complexity index is 366. The Kier molecular flexibility index (Phi) is 4.23. The van der Waals surface area contributed by atoms with E-state index < -0.39 is 4.92 Å². The third kappa shape index (κ3) is 3.60. The molecule has 0 saturated carbocycles. The van der Waals surface area contributed by atoms with Gasteiger partial charge in [-0.1, -0.05) is 29.8 Å². The predicted molar refractivity (Wildman–Crippen MR) is 62.8 cm³/mol. The van der Waals surface area contributed by atoms with Gasteiger partial charge in [0, 0.05) is 29.2 Å². The zero-order valence-corrected chi connectivity index (χ0v) is 10.2. The molecule has 0 radical (unpaired) electrons. The van der Waals surface area contributed by atoms with E-state index in [2.05, 4.69) is 35.1 Å². The highest BCUT2D eigenvalue weighted by Crippen LogP contribution is 2.22. The molecular formula is C10H13BrN2O2. The fourth-order valence-corrected chi connectivity index (χ4v) is 1.61. The molecule has 0 spiro atoms. The van der Waals surface area contributed by atoms with Gasteiger partial charge in [-0.15, -0.1) is 0 Å². The first-order valence-corrected chi connectivity index (χ1v) is 5.46. The van der Waals surface area contributed by atoms with E-state index in [9.17, 15) is 10.1 Å². The standard InChI is InChI=1S/C10H13BrN2O2/c1-7(2)12-6-8-3-4-9(13(14)15)5-10(8)11/h3-5,7,12H,6H2,1-2H3. The summed E-state index contributed by atoms with van der Waals surface area (Å²) in [6.45, 7) is 4.81. The Hall–Kier alpha value is -0.940. The molecule has 1 N–H and O–H groups in total. The molecule has 0 heterocycles. The van der Waals surface area contributed by atoms with Gasteiger partial charge in [0.1, 0.15) is 0 Å². The van der Waals surface area contributed by atoms with Crippen molar-refractivity contribution in [3.8, 4) is 0 Å². The van der Waals surface area contributed by atoms with Gasteiger partial charge in [-0.2, -0.15) is 0 Å². The molecule has 1 aromatic carbocycles. The van der Waals surface area contributed by atoms with Crippen molar-refractivity contribution in [3.05, 3.63) is 38.3 Å². The number of nitrogens with one attached hydrogen (secondary N) is 1. The van der Waals surface area contributed by atoms with Crippen molar-refractivity contribution < 1.29 is 4.92 Å². The summed E-state index contributed by atoms with van der Waals surface area (Å²) >= 11 is 3.32. The molecule has 0 unspecified atom stereocenters. The number of nitro benzene ring substituents is 1. The van der Waals surface area contributed by atoms with Crippen molar-refractivity contribution in [2.24, 2.45) is 0 Å². The molecule has 0 aliphatic carbocycles.